The van der Waals surface area contributed by atoms with Crippen molar-refractivity contribution in [3.8, 4) is 23.0 Å². The highest BCUT2D eigenvalue weighted by atomic mass is 32.2. The van der Waals surface area contributed by atoms with Crippen LogP contribution >= 0.6 is 0 Å². The van der Waals surface area contributed by atoms with E-state index in [1.807, 2.05) is 80.3 Å². The number of methoxy groups -OCH3 is 1. The Bertz CT molecular complexity index is 2790. The van der Waals surface area contributed by atoms with Gasteiger partial charge < -0.3 is 29.2 Å². The lowest BCUT2D eigenvalue weighted by atomic mass is 9.76. The lowest BCUT2D eigenvalue weighted by Crippen LogP contribution is -2.52. The second-order valence-corrected chi connectivity index (χ2v) is 20.3. The van der Waals surface area contributed by atoms with Crippen molar-refractivity contribution in [3.63, 3.8) is 0 Å². The van der Waals surface area contributed by atoms with Crippen molar-refractivity contribution < 1.29 is 50.6 Å². The Morgan fingerprint density at radius 2 is 1.58 bits per heavy atom. The third-order valence-electron chi connectivity index (χ3n) is 12.9. The summed E-state index contributed by atoms with van der Waals surface area (Å²) < 4.78 is 70.3. The molecule has 2 saturated heterocycles. The van der Waals surface area contributed by atoms with Crippen molar-refractivity contribution >= 4 is 50.4 Å². The summed E-state index contributed by atoms with van der Waals surface area (Å²) in [7, 11) is 2.25. The number of carbonyl (C=O) groups is 4. The van der Waals surface area contributed by atoms with Gasteiger partial charge in [0.1, 0.15) is 27.6 Å². The van der Waals surface area contributed by atoms with Crippen LogP contribution in [0.15, 0.2) is 78.9 Å². The molecule has 3 aliphatic rings. The first-order valence-corrected chi connectivity index (χ1v) is 26.4. The molecular weight excluding hydrogens is 935 g/mol. The predicted octanol–water partition coefficient (Wildman–Crippen LogP) is 8.44. The Balaban J connectivity index is 0.00000111. The van der Waals surface area contributed by atoms with E-state index >= 15 is 8.78 Å². The molecular formula is C53H66F2N6O9S. The van der Waals surface area contributed by atoms with Gasteiger partial charge in [0.15, 0.2) is 11.5 Å². The first-order valence-electron chi connectivity index (χ1n) is 24.1. The van der Waals surface area contributed by atoms with Gasteiger partial charge in [-0.05, 0) is 105 Å². The first kappa shape index (κ1) is 53.9. The highest BCUT2D eigenvalue weighted by Gasteiger charge is 2.49. The molecule has 0 saturated carbocycles. The number of halogens is 2. The summed E-state index contributed by atoms with van der Waals surface area (Å²) in [5, 5.41) is 8.09. The Morgan fingerprint density at radius 3 is 2.21 bits per heavy atom. The van der Waals surface area contributed by atoms with Gasteiger partial charge in [-0.3, -0.25) is 28.9 Å². The minimum atomic E-state index is -2.87. The number of amides is 3. The molecule has 4 aromatic carbocycles. The second kappa shape index (κ2) is 23.7. The molecule has 0 aliphatic carbocycles. The predicted molar refractivity (Wildman–Crippen MR) is 270 cm³/mol. The van der Waals surface area contributed by atoms with Crippen molar-refractivity contribution in [2.24, 2.45) is 18.9 Å². The minimum absolute atomic E-state index is 0.0768. The van der Waals surface area contributed by atoms with Crippen LogP contribution in [0.25, 0.3) is 10.9 Å². The third-order valence-corrected chi connectivity index (χ3v) is 12.9. The van der Waals surface area contributed by atoms with Gasteiger partial charge in [-0.2, -0.15) is 5.10 Å². The number of aryl methyl sites for hydroxylation is 1. The van der Waals surface area contributed by atoms with E-state index in [9.17, 15) is 27.6 Å². The molecule has 1 aromatic heterocycles. The number of fused-ring (bicyclic) bond motifs is 2. The van der Waals surface area contributed by atoms with Crippen LogP contribution in [0, 0.1) is 11.8 Å². The number of hydrogen-bond acceptors (Lipinski definition) is 12. The monoisotopic (exact) mass is 1000 g/mol. The van der Waals surface area contributed by atoms with E-state index < -0.39 is 27.6 Å². The summed E-state index contributed by atoms with van der Waals surface area (Å²) in [4.78, 5) is 56.3. The number of likely N-dealkylation sites (tertiary alicyclic amines) is 1. The molecule has 0 spiro atoms. The fourth-order valence-electron chi connectivity index (χ4n) is 9.72. The zero-order valence-electron chi connectivity index (χ0n) is 41.9. The summed E-state index contributed by atoms with van der Waals surface area (Å²) in [6, 6.07) is 23.6. The van der Waals surface area contributed by atoms with Gasteiger partial charge >= 0.3 is 0 Å². The first-order chi connectivity index (χ1) is 33.9. The molecule has 0 radical (unpaired) electrons. The number of ether oxygens (including phenoxy) is 3. The van der Waals surface area contributed by atoms with Crippen LogP contribution in [0.2, 0.25) is 0 Å². The molecule has 5 aromatic rings. The maximum absolute atomic E-state index is 16.0. The number of anilines is 1. The lowest BCUT2D eigenvalue weighted by molar-refractivity contribution is -0.133. The molecule has 382 valence electrons. The van der Waals surface area contributed by atoms with Gasteiger partial charge in [-0.1, -0.05) is 38.1 Å². The average Bonchev–Trinajstić information content (AvgIpc) is 3.79. The Labute approximate surface area is 415 Å². The number of nitrogens with one attached hydrogen (secondary N) is 1. The number of imide groups is 1. The fraction of sp³-hybridized carbons (Fsp3) is 0.453. The quantitative estimate of drug-likeness (QED) is 0.0741. The van der Waals surface area contributed by atoms with Gasteiger partial charge in [-0.25, -0.2) is 17.2 Å². The fourth-order valence-corrected chi connectivity index (χ4v) is 9.72. The number of likely N-dealkylation sites (N-methyl/N-ethyl adjacent to an activating group) is 1. The number of aromatic nitrogens is 2. The number of aldehydes is 1. The van der Waals surface area contributed by atoms with Crippen LogP contribution in [-0.2, 0) is 39.6 Å². The third kappa shape index (κ3) is 12.9. The van der Waals surface area contributed by atoms with E-state index in [1.54, 1.807) is 50.2 Å². The van der Waals surface area contributed by atoms with Gasteiger partial charge in [0.05, 0.1) is 60.7 Å². The number of piperidine rings is 2. The molecule has 2 atom stereocenters. The highest BCUT2D eigenvalue weighted by molar-refractivity contribution is 7.89. The zero-order valence-corrected chi connectivity index (χ0v) is 42.7. The molecule has 2 fully saturated rings. The molecule has 3 amide bonds. The molecule has 0 bridgehead atoms. The van der Waals surface area contributed by atoms with Gasteiger partial charge in [0, 0.05) is 70.0 Å². The van der Waals surface area contributed by atoms with Crippen molar-refractivity contribution in [2.45, 2.75) is 77.8 Å². The molecule has 18 heteroatoms. The van der Waals surface area contributed by atoms with Gasteiger partial charge in [0.2, 0.25) is 5.91 Å². The number of nitrogens with zero attached hydrogens (tertiary/aromatic N) is 5. The molecule has 4 heterocycles. The van der Waals surface area contributed by atoms with Crippen LogP contribution in [0.3, 0.4) is 0 Å². The van der Waals surface area contributed by atoms with Gasteiger partial charge in [-0.15, -0.1) is 0 Å². The molecule has 3 aliphatic heterocycles. The zero-order chi connectivity index (χ0) is 51.6. The number of rotatable bonds is 16. The van der Waals surface area contributed by atoms with Crippen LogP contribution in [0.4, 0.5) is 14.5 Å². The minimum Gasteiger partial charge on any atom is -0.493 e. The summed E-state index contributed by atoms with van der Waals surface area (Å²) >= 11 is 0. The number of benzene rings is 4. The van der Waals surface area contributed by atoms with Gasteiger partial charge in [0.25, 0.3) is 17.7 Å². The van der Waals surface area contributed by atoms with Crippen molar-refractivity contribution in [2.75, 3.05) is 64.4 Å². The second-order valence-electron chi connectivity index (χ2n) is 18.0. The Hall–Kier alpha value is -6.40. The number of alkyl halides is 2. The number of carbonyl (C=O) groups excluding carboxylic acids is 4. The summed E-state index contributed by atoms with van der Waals surface area (Å²) in [6.45, 7) is 8.03. The highest BCUT2D eigenvalue weighted by Crippen LogP contribution is 2.44. The van der Waals surface area contributed by atoms with Crippen LogP contribution in [0.1, 0.15) is 96.3 Å². The molecule has 2 unspecified atom stereocenters. The number of hydrogen-bond donors (Lipinski definition) is 1. The van der Waals surface area contributed by atoms with E-state index in [1.165, 1.54) is 4.90 Å². The molecule has 1 N–H and O–H groups in total. The smallest absolute Gasteiger partial charge is 0.263 e. The van der Waals surface area contributed by atoms with Crippen LogP contribution < -0.4 is 24.4 Å². The van der Waals surface area contributed by atoms with E-state index in [0.717, 1.165) is 40.8 Å². The summed E-state index contributed by atoms with van der Waals surface area (Å²) in [6.07, 6.45) is 5.24. The summed E-state index contributed by atoms with van der Waals surface area (Å²) in [5.41, 5.74) is 4.40. The normalized spacial score (nSPS) is 17.4. The van der Waals surface area contributed by atoms with Crippen molar-refractivity contribution in [1.82, 2.24) is 24.9 Å². The largest absolute Gasteiger partial charge is 0.493 e. The van der Waals surface area contributed by atoms with Crippen LogP contribution in [-0.4, -0.2) is 117 Å². The number of sulfone groups is 1. The molecule has 71 heavy (non-hydrogen) atoms. The SMILES string of the molecule is CC.CCOc1cc(CN2C(=O)c3cccc(N4CCC(C5CCN(Cc6ccc(Oc7ccc8c(C(CCC=O)C(=O)NC)nn(C)c8c7)cc6)CC5(F)F)CC4)c3C2=O)ccc1OC.CS(C)(=O)=O. The molecule has 15 nitrogen and oxygen atoms in total. The summed E-state index contributed by atoms with van der Waals surface area (Å²) in [5.74, 6) is -3.00. The van der Waals surface area contributed by atoms with E-state index in [4.69, 9.17) is 14.2 Å². The van der Waals surface area contributed by atoms with E-state index in [-0.39, 0.29) is 43.1 Å². The lowest BCUT2D eigenvalue weighted by Gasteiger charge is -2.45. The van der Waals surface area contributed by atoms with Crippen molar-refractivity contribution in [1.29, 1.82) is 0 Å². The van der Waals surface area contributed by atoms with Crippen molar-refractivity contribution in [3.05, 3.63) is 107 Å². The Kier molecular flexibility index (Phi) is 18.0. The maximum atomic E-state index is 16.0. The maximum Gasteiger partial charge on any atom is 0.263 e. The molecule has 8 rings (SSSR count). The average molecular weight is 1000 g/mol. The Morgan fingerprint density at radius 1 is 0.901 bits per heavy atom. The topological polar surface area (TPSA) is 170 Å². The van der Waals surface area contributed by atoms with E-state index in [2.05, 4.69) is 15.3 Å². The standard InChI is InChI=1S/C49H54F2N6O7.C2H6O2S.C2H6/c1-5-63-43-26-32(13-18-42(43)62-4)29-57-47(60)37-8-6-10-40(44(37)48(57)61)56-23-19-33(20-24-56)39-21-22-55(30-49(39,50)51)28-31-11-14-34(15-12-31)64-35-16-17-36-41(27-35)54(3)53-45(36)38(9-7-25-58)46(59)52-2;1-5(2,3)4;1-2/h6,8,10-18,25-27,33,38-39H,5,7,9,19-24,28-30H2,1-4H3,(H,52,59);1-2H3;1-2H3. The van der Waals surface area contributed by atoms with E-state index in [0.29, 0.717) is 104 Å². The van der Waals surface area contributed by atoms with Crippen LogP contribution in [0.5, 0.6) is 23.0 Å².